The number of aliphatic hydroxyl groups is 2. The summed E-state index contributed by atoms with van der Waals surface area (Å²) in [5, 5.41) is 22.1. The molecule has 2 N–H and O–H groups in total. The molecule has 2 atom stereocenters. The molecule has 1 aliphatic carbocycles. The lowest BCUT2D eigenvalue weighted by Crippen LogP contribution is -2.62. The molecule has 1 fully saturated rings. The molecule has 1 rings (SSSR count). The van der Waals surface area contributed by atoms with Crippen LogP contribution in [0.4, 0.5) is 0 Å². The zero-order chi connectivity index (χ0) is 22.3. The van der Waals surface area contributed by atoms with Gasteiger partial charge in [0.2, 0.25) is 0 Å². The van der Waals surface area contributed by atoms with Crippen molar-refractivity contribution in [2.24, 2.45) is 0 Å². The number of ether oxygens (including phenoxy) is 1. The molecule has 6 nitrogen and oxygen atoms in total. The van der Waals surface area contributed by atoms with E-state index in [0.717, 1.165) is 0 Å². The van der Waals surface area contributed by atoms with Crippen LogP contribution < -0.4 is 0 Å². The van der Waals surface area contributed by atoms with E-state index in [0.29, 0.717) is 0 Å². The summed E-state index contributed by atoms with van der Waals surface area (Å²) >= 11 is 0. The molecule has 0 aromatic carbocycles. The van der Waals surface area contributed by atoms with Gasteiger partial charge in [-0.05, 0) is 36.3 Å². The van der Waals surface area contributed by atoms with Gasteiger partial charge in [0.05, 0.1) is 19.3 Å². The summed E-state index contributed by atoms with van der Waals surface area (Å²) in [6.07, 6.45) is -2.27. The summed E-state index contributed by atoms with van der Waals surface area (Å²) in [4.78, 5) is 12.4. The van der Waals surface area contributed by atoms with E-state index >= 15 is 0 Å². The van der Waals surface area contributed by atoms with Gasteiger partial charge in [-0.15, -0.1) is 0 Å². The number of esters is 1. The third-order valence-electron chi connectivity index (χ3n) is 6.91. The van der Waals surface area contributed by atoms with Gasteiger partial charge in [0.1, 0.15) is 6.10 Å². The summed E-state index contributed by atoms with van der Waals surface area (Å²) in [7, 11) is -3.21. The smallest absolute Gasteiger partial charge is 0.338 e. The van der Waals surface area contributed by atoms with Crippen LogP contribution in [0.3, 0.4) is 0 Å². The highest BCUT2D eigenvalue weighted by Gasteiger charge is 2.55. The molecule has 0 radical (unpaired) electrons. The van der Waals surface area contributed by atoms with E-state index in [2.05, 4.69) is 67.7 Å². The molecule has 0 saturated heterocycles. The number of aliphatic hydroxyl groups excluding tert-OH is 1. The summed E-state index contributed by atoms with van der Waals surface area (Å²) < 4.78 is 17.7. The molecule has 28 heavy (non-hydrogen) atoms. The van der Waals surface area contributed by atoms with Crippen molar-refractivity contribution in [1.29, 1.82) is 0 Å². The molecule has 1 aliphatic rings. The molecule has 0 aromatic heterocycles. The minimum atomic E-state index is -2.23. The molecule has 2 unspecified atom stereocenters. The Morgan fingerprint density at radius 1 is 0.893 bits per heavy atom. The second kappa shape index (κ2) is 8.11. The van der Waals surface area contributed by atoms with Crippen molar-refractivity contribution < 1.29 is 28.6 Å². The van der Waals surface area contributed by atoms with E-state index in [1.54, 1.807) is 0 Å². The van der Waals surface area contributed by atoms with Crippen molar-refractivity contribution in [1.82, 2.24) is 0 Å². The SMILES string of the molecule is COC(=O)C1(O)CC(O[Si](C)(C)C(C)(C)C)C(O)C(O[Si](C)(C)C(C)(C)C)C1. The topological polar surface area (TPSA) is 85.2 Å². The van der Waals surface area contributed by atoms with Gasteiger partial charge in [-0.25, -0.2) is 4.79 Å². The first-order chi connectivity index (χ1) is 12.3. The summed E-state index contributed by atoms with van der Waals surface area (Å²) in [6.45, 7) is 21.1. The van der Waals surface area contributed by atoms with E-state index in [1.165, 1.54) is 7.11 Å². The number of hydrogen-bond donors (Lipinski definition) is 2. The lowest BCUT2D eigenvalue weighted by molar-refractivity contribution is -0.186. The second-order valence-corrected chi connectivity index (χ2v) is 20.8. The molecule has 0 heterocycles. The number of methoxy groups -OCH3 is 1. The lowest BCUT2D eigenvalue weighted by atomic mass is 9.80. The van der Waals surface area contributed by atoms with Crippen molar-refractivity contribution in [3.8, 4) is 0 Å². The van der Waals surface area contributed by atoms with Gasteiger partial charge in [-0.3, -0.25) is 0 Å². The van der Waals surface area contributed by atoms with Crippen molar-refractivity contribution >= 4 is 22.6 Å². The van der Waals surface area contributed by atoms with Gasteiger partial charge in [-0.2, -0.15) is 0 Å². The second-order valence-electron chi connectivity index (χ2n) is 11.3. The Morgan fingerprint density at radius 2 is 1.21 bits per heavy atom. The molecule has 0 aliphatic heterocycles. The van der Waals surface area contributed by atoms with Crippen LogP contribution >= 0.6 is 0 Å². The minimum absolute atomic E-state index is 0.00467. The highest BCUT2D eigenvalue weighted by Crippen LogP contribution is 2.44. The Labute approximate surface area is 173 Å². The Kier molecular flexibility index (Phi) is 7.47. The Balaban J connectivity index is 3.25. The van der Waals surface area contributed by atoms with Gasteiger partial charge in [0.25, 0.3) is 0 Å². The fraction of sp³-hybridized carbons (Fsp3) is 0.950. The molecular formula is C20H42O6Si2. The van der Waals surface area contributed by atoms with E-state index in [-0.39, 0.29) is 22.9 Å². The van der Waals surface area contributed by atoms with Crippen LogP contribution in [0, 0.1) is 0 Å². The van der Waals surface area contributed by atoms with Crippen molar-refractivity contribution in [3.63, 3.8) is 0 Å². The first kappa shape index (κ1) is 25.8. The number of carbonyl (C=O) groups is 1. The van der Waals surface area contributed by atoms with Gasteiger partial charge in [0.15, 0.2) is 22.2 Å². The number of rotatable bonds is 5. The van der Waals surface area contributed by atoms with Crippen LogP contribution in [-0.2, 0) is 18.4 Å². The maximum absolute atomic E-state index is 12.4. The maximum Gasteiger partial charge on any atom is 0.338 e. The van der Waals surface area contributed by atoms with Gasteiger partial charge >= 0.3 is 5.97 Å². The van der Waals surface area contributed by atoms with Crippen LogP contribution in [-0.4, -0.2) is 63.8 Å². The van der Waals surface area contributed by atoms with Crippen molar-refractivity contribution in [2.75, 3.05) is 7.11 Å². The van der Waals surface area contributed by atoms with E-state index < -0.39 is 46.5 Å². The predicted octanol–water partition coefficient (Wildman–Crippen LogP) is 3.83. The van der Waals surface area contributed by atoms with E-state index in [4.69, 9.17) is 13.6 Å². The zero-order valence-corrected chi connectivity index (χ0v) is 21.7. The first-order valence-electron chi connectivity index (χ1n) is 10.1. The van der Waals surface area contributed by atoms with Crippen molar-refractivity contribution in [2.45, 2.75) is 115 Å². The highest BCUT2D eigenvalue weighted by molar-refractivity contribution is 6.74. The van der Waals surface area contributed by atoms with E-state index in [9.17, 15) is 15.0 Å². The van der Waals surface area contributed by atoms with Gasteiger partial charge < -0.3 is 23.8 Å². The Bertz CT molecular complexity index is 524. The van der Waals surface area contributed by atoms with Crippen LogP contribution in [0.15, 0.2) is 0 Å². The quantitative estimate of drug-likeness (QED) is 0.505. The fourth-order valence-corrected chi connectivity index (χ4v) is 5.59. The highest BCUT2D eigenvalue weighted by atomic mass is 28.4. The average molecular weight is 435 g/mol. The zero-order valence-electron chi connectivity index (χ0n) is 19.7. The minimum Gasteiger partial charge on any atom is -0.467 e. The molecule has 0 spiro atoms. The largest absolute Gasteiger partial charge is 0.467 e. The van der Waals surface area contributed by atoms with E-state index in [1.807, 2.05) is 0 Å². The summed E-state index contributed by atoms with van der Waals surface area (Å²) in [5.41, 5.74) is -1.73. The lowest BCUT2D eigenvalue weighted by Gasteiger charge is -2.49. The predicted molar refractivity (Wildman–Crippen MR) is 116 cm³/mol. The Morgan fingerprint density at radius 3 is 1.46 bits per heavy atom. The van der Waals surface area contributed by atoms with Crippen LogP contribution in [0.5, 0.6) is 0 Å². The fourth-order valence-electron chi connectivity index (χ4n) is 2.92. The molecule has 0 amide bonds. The number of hydrogen-bond acceptors (Lipinski definition) is 6. The molecule has 0 bridgehead atoms. The molecule has 166 valence electrons. The molecular weight excluding hydrogens is 392 g/mol. The van der Waals surface area contributed by atoms with Crippen LogP contribution in [0.25, 0.3) is 0 Å². The molecule has 1 saturated carbocycles. The van der Waals surface area contributed by atoms with Gasteiger partial charge in [-0.1, -0.05) is 41.5 Å². The summed E-state index contributed by atoms with van der Waals surface area (Å²) in [5.74, 6) is -0.702. The average Bonchev–Trinajstić information content (AvgIpc) is 2.48. The standard InChI is InChI=1S/C20H42O6Si2/c1-18(2,3)27(8,9)25-14-12-20(23,17(22)24-7)13-15(16(14)21)26-28(10,11)19(4,5)6/h14-16,21,23H,12-13H2,1-11H3. The normalized spacial score (nSPS) is 30.2. The third kappa shape index (κ3) is 5.46. The molecule has 0 aromatic rings. The summed E-state index contributed by atoms with van der Waals surface area (Å²) in [6, 6.07) is 0. The molecule has 8 heteroatoms. The van der Waals surface area contributed by atoms with Crippen molar-refractivity contribution in [3.05, 3.63) is 0 Å². The van der Waals surface area contributed by atoms with Gasteiger partial charge in [0, 0.05) is 12.8 Å². The van der Waals surface area contributed by atoms with Crippen LogP contribution in [0.1, 0.15) is 54.4 Å². The number of carbonyl (C=O) groups excluding carboxylic acids is 1. The Hall–Kier alpha value is -0.256. The monoisotopic (exact) mass is 434 g/mol. The third-order valence-corrected chi connectivity index (χ3v) is 15.9. The maximum atomic E-state index is 12.4. The first-order valence-corrected chi connectivity index (χ1v) is 15.9. The van der Waals surface area contributed by atoms with Crippen LogP contribution in [0.2, 0.25) is 36.3 Å².